The van der Waals surface area contributed by atoms with Gasteiger partial charge in [0.2, 0.25) is 0 Å². The van der Waals surface area contributed by atoms with Gasteiger partial charge in [-0.1, -0.05) is 48.5 Å². The lowest BCUT2D eigenvalue weighted by molar-refractivity contribution is 0.477. The summed E-state index contributed by atoms with van der Waals surface area (Å²) in [5.41, 5.74) is 2.89. The molecule has 3 aromatic rings. The molecule has 3 nitrogen and oxygen atoms in total. The Morgan fingerprint density at radius 3 is 2.00 bits per heavy atom. The van der Waals surface area contributed by atoms with Crippen LogP contribution >= 0.6 is 0 Å². The molecule has 1 N–H and O–H groups in total. The summed E-state index contributed by atoms with van der Waals surface area (Å²) in [6.07, 6.45) is 1.77. The highest BCUT2D eigenvalue weighted by molar-refractivity contribution is 5.83. The Morgan fingerprint density at radius 1 is 0.857 bits per heavy atom. The molecular formula is C18H18N2O. The minimum absolute atomic E-state index is 0.286. The highest BCUT2D eigenvalue weighted by Crippen LogP contribution is 2.40. The SMILES string of the molecule is CN(C)c1c(-c2ccccc2)c(O)cn1-c1ccccc1. The molecule has 0 saturated carbocycles. The van der Waals surface area contributed by atoms with E-state index in [0.29, 0.717) is 0 Å². The number of para-hydroxylation sites is 1. The number of hydrogen-bond donors (Lipinski definition) is 1. The van der Waals surface area contributed by atoms with Crippen molar-refractivity contribution in [2.24, 2.45) is 0 Å². The third-order valence-electron chi connectivity index (χ3n) is 3.48. The minimum Gasteiger partial charge on any atom is -0.506 e. The molecule has 1 heterocycles. The van der Waals surface area contributed by atoms with E-state index in [0.717, 1.165) is 22.6 Å². The van der Waals surface area contributed by atoms with E-state index in [1.807, 2.05) is 84.2 Å². The number of nitrogens with zero attached hydrogens (tertiary/aromatic N) is 2. The van der Waals surface area contributed by atoms with Gasteiger partial charge in [-0.25, -0.2) is 0 Å². The van der Waals surface area contributed by atoms with Crippen molar-refractivity contribution < 1.29 is 5.11 Å². The summed E-state index contributed by atoms with van der Waals surface area (Å²) in [5, 5.41) is 10.4. The van der Waals surface area contributed by atoms with Gasteiger partial charge in [-0.2, -0.15) is 0 Å². The predicted molar refractivity (Wildman–Crippen MR) is 87.2 cm³/mol. The standard InChI is InChI=1S/C18H18N2O/c1-19(2)18-17(14-9-5-3-6-10-14)16(21)13-20(18)15-11-7-4-8-12-15/h3-13,21H,1-2H3. The summed E-state index contributed by atoms with van der Waals surface area (Å²) in [6.45, 7) is 0. The zero-order valence-corrected chi connectivity index (χ0v) is 12.2. The van der Waals surface area contributed by atoms with Crippen molar-refractivity contribution in [3.05, 3.63) is 66.9 Å². The predicted octanol–water partition coefficient (Wildman–Crippen LogP) is 3.92. The van der Waals surface area contributed by atoms with Gasteiger partial charge in [-0.05, 0) is 17.7 Å². The van der Waals surface area contributed by atoms with Crippen LogP contribution in [0.25, 0.3) is 16.8 Å². The highest BCUT2D eigenvalue weighted by Gasteiger charge is 2.19. The molecule has 0 fully saturated rings. The molecule has 3 heteroatoms. The summed E-state index contributed by atoms with van der Waals surface area (Å²) >= 11 is 0. The van der Waals surface area contributed by atoms with Crippen molar-refractivity contribution in [2.45, 2.75) is 0 Å². The van der Waals surface area contributed by atoms with Crippen LogP contribution < -0.4 is 4.90 Å². The van der Waals surface area contributed by atoms with Gasteiger partial charge in [0.15, 0.2) is 0 Å². The molecule has 0 atom stereocenters. The fourth-order valence-corrected chi connectivity index (χ4v) is 2.59. The first-order chi connectivity index (χ1) is 10.2. The van der Waals surface area contributed by atoms with Gasteiger partial charge >= 0.3 is 0 Å². The second-order valence-electron chi connectivity index (χ2n) is 5.18. The van der Waals surface area contributed by atoms with Crippen LogP contribution in [-0.2, 0) is 0 Å². The van der Waals surface area contributed by atoms with Crippen molar-refractivity contribution in [3.8, 4) is 22.6 Å². The molecule has 0 bridgehead atoms. The third-order valence-corrected chi connectivity index (χ3v) is 3.48. The number of aromatic nitrogens is 1. The number of anilines is 1. The first-order valence-electron chi connectivity index (χ1n) is 6.91. The molecule has 106 valence electrons. The van der Waals surface area contributed by atoms with E-state index in [9.17, 15) is 5.11 Å². The highest BCUT2D eigenvalue weighted by atomic mass is 16.3. The normalized spacial score (nSPS) is 10.6. The number of benzene rings is 2. The fourth-order valence-electron chi connectivity index (χ4n) is 2.59. The Bertz CT molecular complexity index is 731. The second-order valence-corrected chi connectivity index (χ2v) is 5.18. The zero-order chi connectivity index (χ0) is 14.8. The maximum atomic E-state index is 10.4. The average molecular weight is 278 g/mol. The molecule has 0 saturated heterocycles. The summed E-state index contributed by atoms with van der Waals surface area (Å²) in [7, 11) is 3.97. The summed E-state index contributed by atoms with van der Waals surface area (Å²) in [5.74, 6) is 1.25. The van der Waals surface area contributed by atoms with Crippen molar-refractivity contribution in [2.75, 3.05) is 19.0 Å². The lowest BCUT2D eigenvalue weighted by atomic mass is 10.1. The van der Waals surface area contributed by atoms with Crippen LogP contribution in [-0.4, -0.2) is 23.8 Å². The van der Waals surface area contributed by atoms with Gasteiger partial charge < -0.3 is 10.0 Å². The van der Waals surface area contributed by atoms with Crippen LogP contribution in [0.5, 0.6) is 5.75 Å². The van der Waals surface area contributed by atoms with Gasteiger partial charge in [0.05, 0.1) is 11.8 Å². The molecule has 3 rings (SSSR count). The van der Waals surface area contributed by atoms with Crippen LogP contribution in [0.15, 0.2) is 66.9 Å². The first kappa shape index (κ1) is 13.3. The Morgan fingerprint density at radius 2 is 1.43 bits per heavy atom. The van der Waals surface area contributed by atoms with Gasteiger partial charge in [-0.3, -0.25) is 4.57 Å². The van der Waals surface area contributed by atoms with Gasteiger partial charge in [0, 0.05) is 19.8 Å². The largest absolute Gasteiger partial charge is 0.506 e. The number of hydrogen-bond acceptors (Lipinski definition) is 2. The molecule has 0 amide bonds. The molecule has 2 aromatic carbocycles. The molecule has 0 aliphatic heterocycles. The maximum Gasteiger partial charge on any atom is 0.143 e. The van der Waals surface area contributed by atoms with E-state index in [-0.39, 0.29) is 5.75 Å². The van der Waals surface area contributed by atoms with Crippen molar-refractivity contribution in [1.82, 2.24) is 4.57 Å². The molecular weight excluding hydrogens is 260 g/mol. The Balaban J connectivity index is 2.25. The third kappa shape index (κ3) is 2.38. The smallest absolute Gasteiger partial charge is 0.143 e. The Labute approximate surface area is 124 Å². The molecule has 21 heavy (non-hydrogen) atoms. The molecule has 0 aliphatic rings. The molecule has 0 radical (unpaired) electrons. The van der Waals surface area contributed by atoms with Gasteiger partial charge in [0.1, 0.15) is 11.6 Å². The first-order valence-corrected chi connectivity index (χ1v) is 6.91. The van der Waals surface area contributed by atoms with Crippen LogP contribution in [0.2, 0.25) is 0 Å². The summed E-state index contributed by atoms with van der Waals surface area (Å²) < 4.78 is 2.01. The van der Waals surface area contributed by atoms with E-state index >= 15 is 0 Å². The van der Waals surface area contributed by atoms with E-state index in [2.05, 4.69) is 0 Å². The van der Waals surface area contributed by atoms with E-state index < -0.39 is 0 Å². The van der Waals surface area contributed by atoms with Crippen molar-refractivity contribution in [1.29, 1.82) is 0 Å². The number of aromatic hydroxyl groups is 1. The van der Waals surface area contributed by atoms with E-state index in [4.69, 9.17) is 0 Å². The maximum absolute atomic E-state index is 10.4. The topological polar surface area (TPSA) is 28.4 Å². The summed E-state index contributed by atoms with van der Waals surface area (Å²) in [6, 6.07) is 20.0. The van der Waals surface area contributed by atoms with Crippen LogP contribution in [0.1, 0.15) is 0 Å². The zero-order valence-electron chi connectivity index (χ0n) is 12.2. The average Bonchev–Trinajstić information content (AvgIpc) is 2.87. The Hall–Kier alpha value is -2.68. The lowest BCUT2D eigenvalue weighted by Crippen LogP contribution is -2.14. The summed E-state index contributed by atoms with van der Waals surface area (Å²) in [4.78, 5) is 2.02. The van der Waals surface area contributed by atoms with Crippen molar-refractivity contribution >= 4 is 5.82 Å². The van der Waals surface area contributed by atoms with Gasteiger partial charge in [0.25, 0.3) is 0 Å². The molecule has 0 aliphatic carbocycles. The minimum atomic E-state index is 0.286. The van der Waals surface area contributed by atoms with Crippen LogP contribution in [0.4, 0.5) is 5.82 Å². The fraction of sp³-hybridized carbons (Fsp3) is 0.111. The number of rotatable bonds is 3. The van der Waals surface area contributed by atoms with E-state index in [1.165, 1.54) is 0 Å². The van der Waals surface area contributed by atoms with Gasteiger partial charge in [-0.15, -0.1) is 0 Å². The van der Waals surface area contributed by atoms with Crippen molar-refractivity contribution in [3.63, 3.8) is 0 Å². The lowest BCUT2D eigenvalue weighted by Gasteiger charge is -2.18. The molecule has 0 unspecified atom stereocenters. The monoisotopic (exact) mass is 278 g/mol. The molecule has 0 spiro atoms. The Kier molecular flexibility index (Phi) is 3.40. The van der Waals surface area contributed by atoms with E-state index in [1.54, 1.807) is 6.20 Å². The molecule has 1 aromatic heterocycles. The van der Waals surface area contributed by atoms with Crippen LogP contribution in [0, 0.1) is 0 Å². The second kappa shape index (κ2) is 5.37. The van der Waals surface area contributed by atoms with Crippen LogP contribution in [0.3, 0.4) is 0 Å². The quantitative estimate of drug-likeness (QED) is 0.786.